The third kappa shape index (κ3) is 3.22. The van der Waals surface area contributed by atoms with Crippen molar-refractivity contribution >= 4 is 27.5 Å². The van der Waals surface area contributed by atoms with E-state index in [2.05, 4.69) is 20.9 Å². The fourth-order valence-electron chi connectivity index (χ4n) is 1.57. The van der Waals surface area contributed by atoms with Gasteiger partial charge in [0.05, 0.1) is 0 Å². The fraction of sp³-hybridized carbons (Fsp3) is 0.154. The third-order valence-corrected chi connectivity index (χ3v) is 3.22. The second kappa shape index (κ2) is 6.18. The van der Waals surface area contributed by atoms with Crippen LogP contribution in [0.2, 0.25) is 5.02 Å². The molecule has 2 rings (SSSR count). The van der Waals surface area contributed by atoms with Crippen LogP contribution in [0.25, 0.3) is 0 Å². The highest BCUT2D eigenvalue weighted by Crippen LogP contribution is 2.26. The minimum atomic E-state index is 0.353. The van der Waals surface area contributed by atoms with Gasteiger partial charge in [-0.2, -0.15) is 0 Å². The number of hydrogen-bond donors (Lipinski definition) is 1. The first-order chi connectivity index (χ1) is 8.70. The lowest BCUT2D eigenvalue weighted by Gasteiger charge is -2.11. The lowest BCUT2D eigenvalue weighted by Crippen LogP contribution is -2.03. The minimum absolute atomic E-state index is 0.353. The van der Waals surface area contributed by atoms with E-state index in [4.69, 9.17) is 22.1 Å². The molecule has 1 heterocycles. The van der Waals surface area contributed by atoms with E-state index in [9.17, 15) is 0 Å². The Balaban J connectivity index is 2.13. The molecule has 1 aromatic heterocycles. The topological polar surface area (TPSA) is 48.1 Å². The van der Waals surface area contributed by atoms with Crippen molar-refractivity contribution in [2.75, 3.05) is 0 Å². The van der Waals surface area contributed by atoms with Gasteiger partial charge in [0.25, 0.3) is 0 Å². The minimum Gasteiger partial charge on any atom is -0.488 e. The molecule has 0 fully saturated rings. The maximum absolute atomic E-state index is 6.06. The molecule has 5 heteroatoms. The van der Waals surface area contributed by atoms with E-state index in [0.29, 0.717) is 23.9 Å². The first kappa shape index (κ1) is 13.3. The van der Waals surface area contributed by atoms with Gasteiger partial charge in [-0.1, -0.05) is 17.7 Å². The van der Waals surface area contributed by atoms with Crippen LogP contribution in [0.5, 0.6) is 5.75 Å². The maximum Gasteiger partial charge on any atom is 0.125 e. The Morgan fingerprint density at radius 3 is 2.89 bits per heavy atom. The number of pyridine rings is 1. The van der Waals surface area contributed by atoms with Crippen molar-refractivity contribution in [3.05, 3.63) is 57.3 Å². The second-order valence-corrected chi connectivity index (χ2v) is 5.04. The summed E-state index contributed by atoms with van der Waals surface area (Å²) in [6.07, 6.45) is 3.49. The Labute approximate surface area is 119 Å². The molecule has 0 saturated heterocycles. The predicted octanol–water partition coefficient (Wildman–Crippen LogP) is 3.54. The number of rotatable bonds is 4. The first-order valence-electron chi connectivity index (χ1n) is 5.40. The summed E-state index contributed by atoms with van der Waals surface area (Å²) in [6, 6.07) is 7.46. The van der Waals surface area contributed by atoms with Gasteiger partial charge in [-0.3, -0.25) is 4.98 Å². The molecule has 0 spiro atoms. The Morgan fingerprint density at radius 1 is 1.33 bits per heavy atom. The van der Waals surface area contributed by atoms with Gasteiger partial charge in [0.1, 0.15) is 12.4 Å². The fourth-order valence-corrected chi connectivity index (χ4v) is 2.22. The quantitative estimate of drug-likeness (QED) is 0.934. The van der Waals surface area contributed by atoms with Crippen molar-refractivity contribution in [2.45, 2.75) is 13.2 Å². The molecule has 0 aliphatic heterocycles. The molecule has 0 aliphatic carbocycles. The monoisotopic (exact) mass is 326 g/mol. The highest BCUT2D eigenvalue weighted by Gasteiger charge is 2.06. The summed E-state index contributed by atoms with van der Waals surface area (Å²) >= 11 is 9.43. The number of nitrogens with two attached hydrogens (primary N) is 1. The van der Waals surface area contributed by atoms with E-state index in [1.165, 1.54) is 0 Å². The molecule has 1 aromatic carbocycles. The Bertz CT molecular complexity index is 548. The number of ether oxygens (including phenoxy) is 1. The molecule has 2 N–H and O–H groups in total. The molecule has 0 saturated carbocycles. The number of hydrogen-bond acceptors (Lipinski definition) is 3. The molecule has 18 heavy (non-hydrogen) atoms. The van der Waals surface area contributed by atoms with Crippen molar-refractivity contribution < 1.29 is 4.74 Å². The second-order valence-electron chi connectivity index (χ2n) is 3.72. The van der Waals surface area contributed by atoms with Crippen LogP contribution in [-0.2, 0) is 13.2 Å². The molecule has 0 atom stereocenters. The normalized spacial score (nSPS) is 10.4. The SMILES string of the molecule is NCc1c(Cl)cccc1OCc1cncc(Br)c1. The van der Waals surface area contributed by atoms with Crippen molar-refractivity contribution in [3.63, 3.8) is 0 Å². The molecule has 3 nitrogen and oxygen atoms in total. The summed E-state index contributed by atoms with van der Waals surface area (Å²) in [7, 11) is 0. The van der Waals surface area contributed by atoms with Gasteiger partial charge < -0.3 is 10.5 Å². The Hall–Kier alpha value is -1.10. The zero-order chi connectivity index (χ0) is 13.0. The third-order valence-electron chi connectivity index (χ3n) is 2.44. The Kier molecular flexibility index (Phi) is 4.58. The van der Waals surface area contributed by atoms with E-state index in [0.717, 1.165) is 15.6 Å². The van der Waals surface area contributed by atoms with Crippen LogP contribution in [0.15, 0.2) is 41.1 Å². The van der Waals surface area contributed by atoms with Gasteiger partial charge >= 0.3 is 0 Å². The lowest BCUT2D eigenvalue weighted by molar-refractivity contribution is 0.302. The van der Waals surface area contributed by atoms with E-state index < -0.39 is 0 Å². The summed E-state index contributed by atoms with van der Waals surface area (Å²) in [5, 5.41) is 0.627. The van der Waals surface area contributed by atoms with Crippen molar-refractivity contribution in [1.82, 2.24) is 4.98 Å². The predicted molar refractivity (Wildman–Crippen MR) is 75.6 cm³/mol. The largest absolute Gasteiger partial charge is 0.488 e. The maximum atomic E-state index is 6.06. The van der Waals surface area contributed by atoms with Gasteiger partial charge in [0.15, 0.2) is 0 Å². The molecule has 0 amide bonds. The molecule has 0 bridgehead atoms. The van der Waals surface area contributed by atoms with Crippen LogP contribution in [0.3, 0.4) is 0 Å². The smallest absolute Gasteiger partial charge is 0.125 e. The molecular formula is C13H12BrClN2O. The van der Waals surface area contributed by atoms with Crippen LogP contribution >= 0.6 is 27.5 Å². The van der Waals surface area contributed by atoms with E-state index in [1.807, 2.05) is 18.2 Å². The average molecular weight is 328 g/mol. The summed E-state index contributed by atoms with van der Waals surface area (Å²) in [5.41, 5.74) is 7.46. The van der Waals surface area contributed by atoms with Gasteiger partial charge in [-0.15, -0.1) is 0 Å². The summed E-state index contributed by atoms with van der Waals surface area (Å²) in [6.45, 7) is 0.783. The molecule has 0 unspecified atom stereocenters. The van der Waals surface area contributed by atoms with Crippen molar-refractivity contribution in [1.29, 1.82) is 0 Å². The van der Waals surface area contributed by atoms with Crippen LogP contribution in [0.4, 0.5) is 0 Å². The van der Waals surface area contributed by atoms with Crippen LogP contribution in [0, 0.1) is 0 Å². The number of benzene rings is 1. The first-order valence-corrected chi connectivity index (χ1v) is 6.57. The van der Waals surface area contributed by atoms with Crippen LogP contribution < -0.4 is 10.5 Å². The summed E-state index contributed by atoms with van der Waals surface area (Å²) in [5.74, 6) is 0.713. The van der Waals surface area contributed by atoms with Gasteiger partial charge in [0, 0.05) is 39.6 Å². The number of aromatic nitrogens is 1. The number of halogens is 2. The summed E-state index contributed by atoms with van der Waals surface area (Å²) < 4.78 is 6.65. The molecule has 0 aliphatic rings. The Morgan fingerprint density at radius 2 is 2.17 bits per heavy atom. The highest BCUT2D eigenvalue weighted by atomic mass is 79.9. The standard InChI is InChI=1S/C13H12BrClN2O/c14-10-4-9(6-17-7-10)8-18-13-3-1-2-12(15)11(13)5-16/h1-4,6-7H,5,8,16H2. The van der Waals surface area contributed by atoms with E-state index in [-0.39, 0.29) is 0 Å². The molecule has 94 valence electrons. The highest BCUT2D eigenvalue weighted by molar-refractivity contribution is 9.10. The zero-order valence-corrected chi connectivity index (χ0v) is 11.9. The van der Waals surface area contributed by atoms with Gasteiger partial charge in [-0.05, 0) is 34.1 Å². The van der Waals surface area contributed by atoms with Crippen molar-refractivity contribution in [2.24, 2.45) is 5.73 Å². The van der Waals surface area contributed by atoms with Crippen molar-refractivity contribution in [3.8, 4) is 5.75 Å². The lowest BCUT2D eigenvalue weighted by atomic mass is 10.2. The van der Waals surface area contributed by atoms with Crippen LogP contribution in [0.1, 0.15) is 11.1 Å². The van der Waals surface area contributed by atoms with Gasteiger partial charge in [0.2, 0.25) is 0 Å². The van der Waals surface area contributed by atoms with Gasteiger partial charge in [-0.25, -0.2) is 0 Å². The zero-order valence-electron chi connectivity index (χ0n) is 9.57. The molecular weight excluding hydrogens is 316 g/mol. The van der Waals surface area contributed by atoms with E-state index in [1.54, 1.807) is 18.5 Å². The molecule has 0 radical (unpaired) electrons. The van der Waals surface area contributed by atoms with E-state index >= 15 is 0 Å². The molecule has 2 aromatic rings. The summed E-state index contributed by atoms with van der Waals surface area (Å²) in [4.78, 5) is 4.08. The number of nitrogens with zero attached hydrogens (tertiary/aromatic N) is 1. The average Bonchev–Trinajstić information content (AvgIpc) is 2.36. The van der Waals surface area contributed by atoms with Crippen LogP contribution in [-0.4, -0.2) is 4.98 Å².